The highest BCUT2D eigenvalue weighted by Crippen LogP contribution is 2.63. The lowest BCUT2D eigenvalue weighted by Gasteiger charge is -2.44. The van der Waals surface area contributed by atoms with Gasteiger partial charge in [0.25, 0.3) is 0 Å². The molecule has 1 aliphatic heterocycles. The Morgan fingerprint density at radius 2 is 0.732 bits per heavy atom. The topological polar surface area (TPSA) is 35.0 Å². The van der Waals surface area contributed by atoms with E-state index < -0.39 is 5.41 Å². The first kappa shape index (κ1) is 36.6. The van der Waals surface area contributed by atoms with Crippen LogP contribution in [-0.2, 0) is 27.1 Å². The zero-order chi connectivity index (χ0) is 39.8. The van der Waals surface area contributed by atoms with Gasteiger partial charge in [-0.05, 0) is 103 Å². The minimum atomic E-state index is -0.850. The number of fused-ring (bicyclic) bond motifs is 4. The van der Waals surface area contributed by atoms with E-state index in [-0.39, 0.29) is 32.5 Å². The first-order valence-electron chi connectivity index (χ1n) is 20.4. The molecule has 3 heteroatoms. The van der Waals surface area contributed by atoms with E-state index in [4.69, 9.17) is 14.7 Å². The summed E-state index contributed by atoms with van der Waals surface area (Å²) in [5.41, 5.74) is 13.1. The molecule has 0 radical (unpaired) electrons. The fourth-order valence-electron chi connectivity index (χ4n) is 10.7. The minimum Gasteiger partial charge on any atom is -0.457 e. The van der Waals surface area contributed by atoms with Crippen LogP contribution < -0.4 is 4.74 Å². The van der Waals surface area contributed by atoms with Crippen LogP contribution in [0.4, 0.5) is 0 Å². The molecule has 3 heterocycles. The second-order valence-corrected chi connectivity index (χ2v) is 19.9. The number of benzene rings is 4. The lowest BCUT2D eigenvalue weighted by molar-refractivity contribution is 0.125. The van der Waals surface area contributed by atoms with Crippen molar-refractivity contribution in [2.45, 2.75) is 110 Å². The molecule has 3 aliphatic rings. The lowest BCUT2D eigenvalue weighted by Crippen LogP contribution is -2.42. The van der Waals surface area contributed by atoms with Gasteiger partial charge in [-0.1, -0.05) is 156 Å². The number of pyridine rings is 2. The van der Waals surface area contributed by atoms with Gasteiger partial charge < -0.3 is 4.74 Å². The van der Waals surface area contributed by atoms with Crippen molar-refractivity contribution in [2.75, 3.05) is 0 Å². The maximum absolute atomic E-state index is 6.67. The fraction of sp³-hybridized carbons (Fsp3) is 0.358. The molecule has 0 spiro atoms. The van der Waals surface area contributed by atoms with Gasteiger partial charge >= 0.3 is 0 Å². The van der Waals surface area contributed by atoms with Crippen molar-refractivity contribution in [1.29, 1.82) is 0 Å². The molecule has 284 valence electrons. The molecule has 0 saturated carbocycles. The van der Waals surface area contributed by atoms with Gasteiger partial charge in [-0.3, -0.25) is 9.97 Å². The number of hydrogen-bond acceptors (Lipinski definition) is 3. The molecular weight excluding hydrogens is 681 g/mol. The van der Waals surface area contributed by atoms with Crippen LogP contribution in [0.15, 0.2) is 121 Å². The monoisotopic (exact) mass is 736 g/mol. The molecule has 2 aromatic heterocycles. The summed E-state index contributed by atoms with van der Waals surface area (Å²) in [6, 6.07) is 44.0. The third-order valence-corrected chi connectivity index (χ3v) is 16.6. The molecular formula is C53H56N2O. The van der Waals surface area contributed by atoms with Crippen LogP contribution in [0.25, 0.3) is 22.5 Å². The summed E-state index contributed by atoms with van der Waals surface area (Å²) in [7, 11) is 0. The Balaban J connectivity index is 1.27. The molecule has 56 heavy (non-hydrogen) atoms. The predicted octanol–water partition coefficient (Wildman–Crippen LogP) is 13.5. The average Bonchev–Trinajstić information content (AvgIpc) is 3.36. The van der Waals surface area contributed by atoms with Crippen LogP contribution in [-0.4, -0.2) is 9.97 Å². The van der Waals surface area contributed by atoms with Crippen LogP contribution in [0.1, 0.15) is 128 Å². The van der Waals surface area contributed by atoms with Gasteiger partial charge in [-0.25, -0.2) is 0 Å². The van der Waals surface area contributed by atoms with Gasteiger partial charge in [0, 0.05) is 22.3 Å². The maximum Gasteiger partial charge on any atom is 0.132 e. The van der Waals surface area contributed by atoms with Crippen molar-refractivity contribution in [2.24, 2.45) is 10.8 Å². The SMILES string of the molecule is CC1(C)c2ccc(-c3cccc(C4(c5cccc(-c6ccc7c(c6)C(C)(C)C(C)(C)C7(C)C)n5)c5ccccc5Oc5ccccc54)n3)cc2C(C)(C)C1(C)C. The molecule has 0 fully saturated rings. The summed E-state index contributed by atoms with van der Waals surface area (Å²) >= 11 is 0. The molecule has 2 aliphatic carbocycles. The van der Waals surface area contributed by atoms with Crippen molar-refractivity contribution in [1.82, 2.24) is 9.97 Å². The Hall–Kier alpha value is -5.02. The second-order valence-electron chi connectivity index (χ2n) is 19.9. The van der Waals surface area contributed by atoms with Crippen LogP contribution in [0.5, 0.6) is 11.5 Å². The zero-order valence-electron chi connectivity index (χ0n) is 35.3. The van der Waals surface area contributed by atoms with Gasteiger partial charge in [-0.15, -0.1) is 0 Å². The predicted molar refractivity (Wildman–Crippen MR) is 231 cm³/mol. The maximum atomic E-state index is 6.67. The van der Waals surface area contributed by atoms with Crippen molar-refractivity contribution in [3.8, 4) is 34.0 Å². The Kier molecular flexibility index (Phi) is 7.54. The summed E-state index contributed by atoms with van der Waals surface area (Å²) in [5, 5.41) is 0. The first-order chi connectivity index (χ1) is 26.3. The number of nitrogens with zero attached hydrogens (tertiary/aromatic N) is 2. The number of aromatic nitrogens is 2. The molecule has 0 N–H and O–H groups in total. The van der Waals surface area contributed by atoms with E-state index in [2.05, 4.69) is 204 Å². The van der Waals surface area contributed by atoms with E-state index in [0.717, 1.165) is 56.5 Å². The van der Waals surface area contributed by atoms with Crippen LogP contribution in [0.3, 0.4) is 0 Å². The molecule has 9 rings (SSSR count). The summed E-state index contributed by atoms with van der Waals surface area (Å²) in [6.45, 7) is 28.9. The van der Waals surface area contributed by atoms with Crippen molar-refractivity contribution in [3.05, 3.63) is 166 Å². The summed E-state index contributed by atoms with van der Waals surface area (Å²) in [4.78, 5) is 11.3. The van der Waals surface area contributed by atoms with E-state index in [1.54, 1.807) is 0 Å². The third-order valence-electron chi connectivity index (χ3n) is 16.6. The highest BCUT2D eigenvalue weighted by atomic mass is 16.5. The Morgan fingerprint density at radius 1 is 0.357 bits per heavy atom. The smallest absolute Gasteiger partial charge is 0.132 e. The lowest BCUT2D eigenvalue weighted by atomic mass is 9.59. The zero-order valence-corrected chi connectivity index (χ0v) is 35.3. The second kappa shape index (κ2) is 11.5. The Morgan fingerprint density at radius 3 is 1.14 bits per heavy atom. The van der Waals surface area contributed by atoms with Crippen LogP contribution >= 0.6 is 0 Å². The molecule has 0 saturated heterocycles. The van der Waals surface area contributed by atoms with Crippen molar-refractivity contribution in [3.63, 3.8) is 0 Å². The standard InChI is InChI=1S/C53H56N2O/c1-47(2)35-29-27-33(31-39(35)49(5,6)51(47,9)10)41-21-17-25-45(54-41)53(37-19-13-15-23-43(37)56-44-24-16-14-20-38(44)53)46-26-18-22-42(55-46)34-28-30-36-40(32-34)50(7,8)52(11,12)48(36,3)4/h13-32H,1-12H3. The molecule has 0 unspecified atom stereocenters. The fourth-order valence-corrected chi connectivity index (χ4v) is 10.7. The first-order valence-corrected chi connectivity index (χ1v) is 20.4. The van der Waals surface area contributed by atoms with Gasteiger partial charge in [0.15, 0.2) is 0 Å². The number of hydrogen-bond donors (Lipinski definition) is 0. The molecule has 4 aromatic carbocycles. The van der Waals surface area contributed by atoms with E-state index >= 15 is 0 Å². The van der Waals surface area contributed by atoms with Gasteiger partial charge in [0.2, 0.25) is 0 Å². The largest absolute Gasteiger partial charge is 0.457 e. The van der Waals surface area contributed by atoms with Crippen LogP contribution in [0.2, 0.25) is 0 Å². The van der Waals surface area contributed by atoms with E-state index in [9.17, 15) is 0 Å². The number of rotatable bonds is 4. The Bertz CT molecular complexity index is 2400. The van der Waals surface area contributed by atoms with Gasteiger partial charge in [-0.2, -0.15) is 0 Å². The van der Waals surface area contributed by atoms with Crippen LogP contribution in [0, 0.1) is 10.8 Å². The normalized spacial score (nSPS) is 20.6. The van der Waals surface area contributed by atoms with Gasteiger partial charge in [0.1, 0.15) is 16.9 Å². The quantitative estimate of drug-likeness (QED) is 0.180. The van der Waals surface area contributed by atoms with Crippen molar-refractivity contribution >= 4 is 0 Å². The third kappa shape index (κ3) is 4.46. The number of ether oxygens (including phenoxy) is 1. The van der Waals surface area contributed by atoms with E-state index in [1.807, 2.05) is 0 Å². The van der Waals surface area contributed by atoms with E-state index in [0.29, 0.717) is 0 Å². The molecule has 6 aromatic rings. The van der Waals surface area contributed by atoms with E-state index in [1.165, 1.54) is 22.3 Å². The molecule has 0 amide bonds. The minimum absolute atomic E-state index is 0.0120. The highest BCUT2D eigenvalue weighted by Gasteiger charge is 2.58. The molecule has 3 nitrogen and oxygen atoms in total. The molecule has 0 bridgehead atoms. The molecule has 0 atom stereocenters. The summed E-state index contributed by atoms with van der Waals surface area (Å²) in [6.07, 6.45) is 0. The number of para-hydroxylation sites is 2. The summed E-state index contributed by atoms with van der Waals surface area (Å²) in [5.74, 6) is 1.64. The highest BCUT2D eigenvalue weighted by molar-refractivity contribution is 5.72. The van der Waals surface area contributed by atoms with Crippen molar-refractivity contribution < 1.29 is 4.74 Å². The average molecular weight is 737 g/mol. The van der Waals surface area contributed by atoms with Gasteiger partial charge in [0.05, 0.1) is 22.8 Å². The Labute approximate surface area is 334 Å². The summed E-state index contributed by atoms with van der Waals surface area (Å²) < 4.78 is 6.67.